The van der Waals surface area contributed by atoms with Crippen molar-refractivity contribution < 1.29 is 14.3 Å². The molecule has 8 heteroatoms. The van der Waals surface area contributed by atoms with Crippen LogP contribution in [0.4, 0.5) is 0 Å². The Morgan fingerprint density at radius 3 is 2.39 bits per heavy atom. The highest BCUT2D eigenvalue weighted by Gasteiger charge is 2.28. The molecule has 166 valence electrons. The van der Waals surface area contributed by atoms with Gasteiger partial charge in [0.25, 0.3) is 5.91 Å². The molecule has 2 aromatic rings. The largest absolute Gasteiger partial charge is 0.379 e. The second-order valence-electron chi connectivity index (χ2n) is 8.25. The van der Waals surface area contributed by atoms with E-state index >= 15 is 0 Å². The summed E-state index contributed by atoms with van der Waals surface area (Å²) in [6.45, 7) is 10.4. The van der Waals surface area contributed by atoms with Crippen molar-refractivity contribution in [3.8, 4) is 0 Å². The lowest BCUT2D eigenvalue weighted by Gasteiger charge is -2.36. The highest BCUT2D eigenvalue weighted by molar-refractivity contribution is 5.96. The molecular weight excluding hydrogens is 394 g/mol. The minimum absolute atomic E-state index is 0.0423. The van der Waals surface area contributed by atoms with E-state index in [1.54, 1.807) is 6.20 Å². The molecule has 0 unspecified atom stereocenters. The van der Waals surface area contributed by atoms with Crippen LogP contribution in [-0.2, 0) is 16.1 Å². The molecule has 0 radical (unpaired) electrons. The van der Waals surface area contributed by atoms with Crippen LogP contribution in [0.25, 0.3) is 0 Å². The number of rotatable bonds is 5. The van der Waals surface area contributed by atoms with Crippen molar-refractivity contribution in [2.24, 2.45) is 0 Å². The predicted molar refractivity (Wildman–Crippen MR) is 117 cm³/mol. The molecule has 0 bridgehead atoms. The summed E-state index contributed by atoms with van der Waals surface area (Å²) >= 11 is 0. The van der Waals surface area contributed by atoms with Gasteiger partial charge in [-0.05, 0) is 32.0 Å². The van der Waals surface area contributed by atoms with E-state index in [2.05, 4.69) is 14.5 Å². The summed E-state index contributed by atoms with van der Waals surface area (Å²) in [5.74, 6) is 0.184. The molecule has 2 fully saturated rings. The smallest absolute Gasteiger partial charge is 0.255 e. The SMILES string of the molecule is Cc1cc(C(=O)N2CCN(C(=O)CN3CCOCC3)CC2)c(C)n1Cc1ccccn1. The monoisotopic (exact) mass is 425 g/mol. The Labute approximate surface area is 183 Å². The Bertz CT molecular complexity index is 913. The summed E-state index contributed by atoms with van der Waals surface area (Å²) in [7, 11) is 0. The Hall–Kier alpha value is -2.71. The minimum atomic E-state index is 0.0423. The summed E-state index contributed by atoms with van der Waals surface area (Å²) < 4.78 is 7.48. The van der Waals surface area contributed by atoms with Crippen molar-refractivity contribution in [3.63, 3.8) is 0 Å². The fraction of sp³-hybridized carbons (Fsp3) is 0.522. The number of pyridine rings is 1. The van der Waals surface area contributed by atoms with Crippen LogP contribution >= 0.6 is 0 Å². The van der Waals surface area contributed by atoms with Gasteiger partial charge in [0.05, 0.1) is 37.6 Å². The maximum Gasteiger partial charge on any atom is 0.255 e. The zero-order chi connectivity index (χ0) is 21.8. The number of hydrogen-bond acceptors (Lipinski definition) is 5. The van der Waals surface area contributed by atoms with Gasteiger partial charge in [0.1, 0.15) is 0 Å². The van der Waals surface area contributed by atoms with Crippen molar-refractivity contribution in [1.82, 2.24) is 24.3 Å². The molecular formula is C23H31N5O3. The molecule has 0 atom stereocenters. The van der Waals surface area contributed by atoms with Gasteiger partial charge in [-0.25, -0.2) is 0 Å². The molecule has 0 saturated carbocycles. The molecule has 2 amide bonds. The van der Waals surface area contributed by atoms with E-state index in [4.69, 9.17) is 4.74 Å². The van der Waals surface area contributed by atoms with E-state index in [9.17, 15) is 9.59 Å². The maximum atomic E-state index is 13.2. The predicted octanol–water partition coefficient (Wildman–Crippen LogP) is 1.16. The van der Waals surface area contributed by atoms with Gasteiger partial charge in [0, 0.05) is 56.9 Å². The third-order valence-electron chi connectivity index (χ3n) is 6.23. The van der Waals surface area contributed by atoms with E-state index in [-0.39, 0.29) is 11.8 Å². The molecule has 8 nitrogen and oxygen atoms in total. The second kappa shape index (κ2) is 9.62. The number of aromatic nitrogens is 2. The van der Waals surface area contributed by atoms with Crippen LogP contribution in [0.15, 0.2) is 30.5 Å². The third-order valence-corrected chi connectivity index (χ3v) is 6.23. The van der Waals surface area contributed by atoms with Crippen molar-refractivity contribution in [3.05, 3.63) is 53.1 Å². The van der Waals surface area contributed by atoms with E-state index < -0.39 is 0 Å². The van der Waals surface area contributed by atoms with E-state index in [1.165, 1.54) is 0 Å². The van der Waals surface area contributed by atoms with Crippen molar-refractivity contribution in [2.45, 2.75) is 20.4 Å². The number of nitrogens with zero attached hydrogens (tertiary/aromatic N) is 5. The number of ether oxygens (including phenoxy) is 1. The quantitative estimate of drug-likeness (QED) is 0.719. The third kappa shape index (κ3) is 4.97. The van der Waals surface area contributed by atoms with Crippen molar-refractivity contribution in [1.29, 1.82) is 0 Å². The lowest BCUT2D eigenvalue weighted by Crippen LogP contribution is -2.53. The first-order valence-electron chi connectivity index (χ1n) is 11.0. The summed E-state index contributed by atoms with van der Waals surface area (Å²) in [6, 6.07) is 7.84. The van der Waals surface area contributed by atoms with Crippen molar-refractivity contribution >= 4 is 11.8 Å². The topological polar surface area (TPSA) is 70.9 Å². The molecule has 0 spiro atoms. The fourth-order valence-electron chi connectivity index (χ4n) is 4.29. The lowest BCUT2D eigenvalue weighted by atomic mass is 10.2. The van der Waals surface area contributed by atoms with Gasteiger partial charge >= 0.3 is 0 Å². The number of piperazine rings is 1. The molecule has 2 aliphatic rings. The molecule has 0 aliphatic carbocycles. The van der Waals surface area contributed by atoms with Gasteiger partial charge in [-0.1, -0.05) is 6.07 Å². The zero-order valence-electron chi connectivity index (χ0n) is 18.4. The average Bonchev–Trinajstić information content (AvgIpc) is 3.08. The molecule has 0 aromatic carbocycles. The summed E-state index contributed by atoms with van der Waals surface area (Å²) in [5.41, 5.74) is 3.71. The van der Waals surface area contributed by atoms with Crippen LogP contribution in [0.5, 0.6) is 0 Å². The van der Waals surface area contributed by atoms with Gasteiger partial charge in [-0.2, -0.15) is 0 Å². The van der Waals surface area contributed by atoms with E-state index in [0.29, 0.717) is 52.5 Å². The van der Waals surface area contributed by atoms with Gasteiger partial charge in [0.15, 0.2) is 0 Å². The van der Waals surface area contributed by atoms with Crippen LogP contribution in [0, 0.1) is 13.8 Å². The van der Waals surface area contributed by atoms with Gasteiger partial charge in [-0.3, -0.25) is 19.5 Å². The number of carbonyl (C=O) groups is 2. The molecule has 2 aromatic heterocycles. The Morgan fingerprint density at radius 2 is 1.71 bits per heavy atom. The first kappa shape index (κ1) is 21.5. The van der Waals surface area contributed by atoms with Gasteiger partial charge in [0.2, 0.25) is 5.91 Å². The first-order valence-corrected chi connectivity index (χ1v) is 11.0. The molecule has 4 rings (SSSR count). The number of amides is 2. The van der Waals surface area contributed by atoms with Crippen LogP contribution in [0.3, 0.4) is 0 Å². The average molecular weight is 426 g/mol. The minimum Gasteiger partial charge on any atom is -0.379 e. The highest BCUT2D eigenvalue weighted by Crippen LogP contribution is 2.19. The summed E-state index contributed by atoms with van der Waals surface area (Å²) in [6.07, 6.45) is 1.79. The van der Waals surface area contributed by atoms with E-state index in [0.717, 1.165) is 35.7 Å². The van der Waals surface area contributed by atoms with Crippen LogP contribution in [0.1, 0.15) is 27.4 Å². The standard InChI is InChI=1S/C23H31N5O3/c1-18-15-21(19(2)28(18)16-20-5-3-4-6-24-20)23(30)27-9-7-26(8-10-27)22(29)17-25-11-13-31-14-12-25/h3-6,15H,7-14,16-17H2,1-2H3. The fourth-order valence-corrected chi connectivity index (χ4v) is 4.29. The van der Waals surface area contributed by atoms with Crippen LogP contribution in [0.2, 0.25) is 0 Å². The van der Waals surface area contributed by atoms with Gasteiger partial charge < -0.3 is 19.1 Å². The number of morpholine rings is 1. The van der Waals surface area contributed by atoms with Crippen LogP contribution in [-0.4, -0.2) is 95.1 Å². The van der Waals surface area contributed by atoms with Gasteiger partial charge in [-0.15, -0.1) is 0 Å². The molecule has 31 heavy (non-hydrogen) atoms. The normalized spacial score (nSPS) is 17.7. The molecule has 2 saturated heterocycles. The lowest BCUT2D eigenvalue weighted by molar-refractivity contribution is -0.134. The number of aryl methyl sites for hydroxylation is 1. The molecule has 2 aliphatic heterocycles. The van der Waals surface area contributed by atoms with E-state index in [1.807, 2.05) is 47.9 Å². The highest BCUT2D eigenvalue weighted by atomic mass is 16.5. The van der Waals surface area contributed by atoms with Crippen molar-refractivity contribution in [2.75, 3.05) is 59.0 Å². The maximum absolute atomic E-state index is 13.2. The Kier molecular flexibility index (Phi) is 6.67. The first-order chi connectivity index (χ1) is 15.0. The molecule has 0 N–H and O–H groups in total. The summed E-state index contributed by atoms with van der Waals surface area (Å²) in [4.78, 5) is 36.1. The second-order valence-corrected chi connectivity index (χ2v) is 8.25. The number of hydrogen-bond donors (Lipinski definition) is 0. The van der Waals surface area contributed by atoms with Crippen LogP contribution < -0.4 is 0 Å². The Morgan fingerprint density at radius 1 is 1.00 bits per heavy atom. The zero-order valence-corrected chi connectivity index (χ0v) is 18.4. The molecule has 4 heterocycles. The Balaban J connectivity index is 1.35. The summed E-state index contributed by atoms with van der Waals surface area (Å²) in [5, 5.41) is 0. The number of carbonyl (C=O) groups excluding carboxylic acids is 2.